The van der Waals surface area contributed by atoms with Crippen LogP contribution in [0.15, 0.2) is 205 Å². The maximum absolute atomic E-state index is 5.42. The minimum Gasteiger partial charge on any atom is -0.255 e. The van der Waals surface area contributed by atoms with Gasteiger partial charge in [-0.3, -0.25) is 9.98 Å². The van der Waals surface area contributed by atoms with E-state index in [-0.39, 0.29) is 11.8 Å². The van der Waals surface area contributed by atoms with Crippen molar-refractivity contribution in [1.29, 1.82) is 0 Å². The molecule has 0 bridgehead atoms. The molecule has 50 heavy (non-hydrogen) atoms. The summed E-state index contributed by atoms with van der Waals surface area (Å²) in [6, 6.07) is 69.3. The minimum absolute atomic E-state index is 0.00862. The molecule has 238 valence electrons. The number of hydrogen-bond donors (Lipinski definition) is 0. The first-order valence-electron chi connectivity index (χ1n) is 17.1. The second-order valence-corrected chi connectivity index (χ2v) is 12.5. The van der Waals surface area contributed by atoms with Crippen molar-refractivity contribution in [2.45, 2.75) is 11.8 Å². The van der Waals surface area contributed by atoms with E-state index in [4.69, 9.17) is 4.99 Å². The molecule has 0 fully saturated rings. The molecule has 1 heterocycles. The number of hydrogen-bond acceptors (Lipinski definition) is 2. The lowest BCUT2D eigenvalue weighted by atomic mass is 9.76. The van der Waals surface area contributed by atoms with Crippen LogP contribution in [0.1, 0.15) is 50.9 Å². The molecule has 0 N–H and O–H groups in total. The molecule has 8 aromatic rings. The van der Waals surface area contributed by atoms with Gasteiger partial charge in [0.2, 0.25) is 0 Å². The summed E-state index contributed by atoms with van der Waals surface area (Å²) in [6.45, 7) is 0. The third-order valence-electron chi connectivity index (χ3n) is 9.45. The third kappa shape index (κ3) is 6.27. The zero-order valence-corrected chi connectivity index (χ0v) is 27.7. The summed E-state index contributed by atoms with van der Waals surface area (Å²) < 4.78 is 0. The summed E-state index contributed by atoms with van der Waals surface area (Å²) >= 11 is 0. The van der Waals surface area contributed by atoms with Crippen molar-refractivity contribution in [3.63, 3.8) is 0 Å². The molecule has 2 heteroatoms. The second kappa shape index (κ2) is 14.4. The van der Waals surface area contributed by atoms with Crippen molar-refractivity contribution in [2.24, 2.45) is 4.99 Å². The molecule has 0 atom stereocenters. The first kappa shape index (κ1) is 30.9. The van der Waals surface area contributed by atoms with E-state index in [1.807, 2.05) is 30.6 Å². The van der Waals surface area contributed by atoms with Crippen LogP contribution in [0.2, 0.25) is 0 Å². The molecule has 0 amide bonds. The molecule has 7 aromatic carbocycles. The summed E-state index contributed by atoms with van der Waals surface area (Å²) in [5.41, 5.74) is 11.4. The molecule has 2 nitrogen and oxygen atoms in total. The SMILES string of the molecule is C(=Nc1c(C(c2ccccc2)c2ccccc2)cc(C(c2ccccc2)c2ccccc2)c2cccc(-c3ccccc3)c12)c1ccccn1. The van der Waals surface area contributed by atoms with Crippen molar-refractivity contribution in [3.05, 3.63) is 239 Å². The van der Waals surface area contributed by atoms with Crippen molar-refractivity contribution < 1.29 is 0 Å². The van der Waals surface area contributed by atoms with E-state index in [2.05, 4.69) is 181 Å². The van der Waals surface area contributed by atoms with Gasteiger partial charge in [-0.2, -0.15) is 0 Å². The van der Waals surface area contributed by atoms with Gasteiger partial charge in [-0.25, -0.2) is 0 Å². The minimum atomic E-state index is -0.0764. The van der Waals surface area contributed by atoms with E-state index < -0.39 is 0 Å². The summed E-state index contributed by atoms with van der Waals surface area (Å²) in [4.78, 5) is 10.0. The fraction of sp³-hybridized carbons (Fsp3) is 0.0417. The zero-order valence-electron chi connectivity index (χ0n) is 27.7. The molecular formula is C48H36N2. The molecule has 1 aromatic heterocycles. The van der Waals surface area contributed by atoms with E-state index >= 15 is 0 Å². The standard InChI is InChI=1S/C48H36N2/c1-6-19-35(20-7-1)41-30-18-31-42-43(45(36-21-8-2-9-22-36)37-23-10-3-11-24-37)33-44(48(47(41)42)50-34-40-29-16-17-32-49-40)46(38-25-12-4-13-26-38)39-27-14-5-15-28-39/h1-34,45-46H. The van der Waals surface area contributed by atoms with Crippen LogP contribution in [0, 0.1) is 0 Å². The predicted molar refractivity (Wildman–Crippen MR) is 209 cm³/mol. The number of aromatic nitrogens is 1. The average molecular weight is 641 g/mol. The Balaban J connectivity index is 1.54. The highest BCUT2D eigenvalue weighted by Gasteiger charge is 2.28. The van der Waals surface area contributed by atoms with Gasteiger partial charge in [-0.1, -0.05) is 182 Å². The number of aliphatic imine (C=N–C) groups is 1. The maximum Gasteiger partial charge on any atom is 0.0812 e. The molecule has 0 unspecified atom stereocenters. The maximum atomic E-state index is 5.42. The monoisotopic (exact) mass is 640 g/mol. The van der Waals surface area contributed by atoms with Crippen LogP contribution >= 0.6 is 0 Å². The van der Waals surface area contributed by atoms with Gasteiger partial charge in [-0.15, -0.1) is 0 Å². The smallest absolute Gasteiger partial charge is 0.0812 e. The number of pyridine rings is 1. The Labute approximate surface area is 294 Å². The van der Waals surface area contributed by atoms with Crippen LogP contribution < -0.4 is 0 Å². The van der Waals surface area contributed by atoms with Gasteiger partial charge in [0.25, 0.3) is 0 Å². The Morgan fingerprint density at radius 2 is 0.920 bits per heavy atom. The van der Waals surface area contributed by atoms with Crippen molar-refractivity contribution in [1.82, 2.24) is 4.98 Å². The van der Waals surface area contributed by atoms with Gasteiger partial charge in [-0.05, 0) is 62.0 Å². The molecular weight excluding hydrogens is 605 g/mol. The fourth-order valence-electron chi connectivity index (χ4n) is 7.23. The molecule has 0 aliphatic heterocycles. The molecule has 0 saturated carbocycles. The quantitative estimate of drug-likeness (QED) is 0.114. The first-order chi connectivity index (χ1) is 24.8. The lowest BCUT2D eigenvalue weighted by Gasteiger charge is -2.27. The van der Waals surface area contributed by atoms with Gasteiger partial charge < -0.3 is 0 Å². The molecule has 8 rings (SSSR count). The largest absolute Gasteiger partial charge is 0.255 e. The fourth-order valence-corrected chi connectivity index (χ4v) is 7.23. The van der Waals surface area contributed by atoms with E-state index in [1.165, 1.54) is 33.2 Å². The number of rotatable bonds is 9. The van der Waals surface area contributed by atoms with E-state index in [0.717, 1.165) is 33.5 Å². The van der Waals surface area contributed by atoms with Gasteiger partial charge in [0.1, 0.15) is 0 Å². The molecule has 0 saturated heterocycles. The van der Waals surface area contributed by atoms with Crippen molar-refractivity contribution in [2.75, 3.05) is 0 Å². The Morgan fingerprint density at radius 1 is 0.440 bits per heavy atom. The average Bonchev–Trinajstić information content (AvgIpc) is 3.20. The Kier molecular flexibility index (Phi) is 8.90. The van der Waals surface area contributed by atoms with Gasteiger partial charge in [0, 0.05) is 23.4 Å². The molecule has 0 radical (unpaired) electrons. The topological polar surface area (TPSA) is 25.2 Å². The normalized spacial score (nSPS) is 11.5. The van der Waals surface area contributed by atoms with E-state index in [9.17, 15) is 0 Å². The van der Waals surface area contributed by atoms with Crippen molar-refractivity contribution in [3.8, 4) is 11.1 Å². The lowest BCUT2D eigenvalue weighted by molar-refractivity contribution is 0.949. The van der Waals surface area contributed by atoms with Crippen LogP contribution in [0.5, 0.6) is 0 Å². The lowest BCUT2D eigenvalue weighted by Crippen LogP contribution is -2.09. The van der Waals surface area contributed by atoms with Crippen molar-refractivity contribution >= 4 is 22.7 Å². The molecule has 0 aliphatic carbocycles. The van der Waals surface area contributed by atoms with Gasteiger partial charge in [0.05, 0.1) is 17.6 Å². The summed E-state index contributed by atoms with van der Waals surface area (Å²) in [5.74, 6) is -0.0850. The van der Waals surface area contributed by atoms with Gasteiger partial charge in [0.15, 0.2) is 0 Å². The number of benzene rings is 7. The molecule has 0 aliphatic rings. The highest BCUT2D eigenvalue weighted by Crippen LogP contribution is 2.48. The van der Waals surface area contributed by atoms with Crippen LogP contribution in [0.25, 0.3) is 21.9 Å². The highest BCUT2D eigenvalue weighted by atomic mass is 14.8. The summed E-state index contributed by atoms with van der Waals surface area (Å²) in [5, 5.41) is 2.31. The van der Waals surface area contributed by atoms with Crippen LogP contribution in [-0.4, -0.2) is 11.2 Å². The molecule has 0 spiro atoms. The van der Waals surface area contributed by atoms with Crippen LogP contribution in [0.3, 0.4) is 0 Å². The van der Waals surface area contributed by atoms with E-state index in [0.29, 0.717) is 0 Å². The third-order valence-corrected chi connectivity index (χ3v) is 9.45. The van der Waals surface area contributed by atoms with Crippen LogP contribution in [0.4, 0.5) is 5.69 Å². The highest BCUT2D eigenvalue weighted by molar-refractivity contribution is 6.08. The first-order valence-corrected chi connectivity index (χ1v) is 17.1. The predicted octanol–water partition coefficient (Wildman–Crippen LogP) is 12.0. The Morgan fingerprint density at radius 3 is 1.42 bits per heavy atom. The van der Waals surface area contributed by atoms with E-state index in [1.54, 1.807) is 0 Å². The Hall–Kier alpha value is -6.38. The summed E-state index contributed by atoms with van der Waals surface area (Å²) in [6.07, 6.45) is 3.73. The Bertz CT molecular complexity index is 2260. The van der Waals surface area contributed by atoms with Gasteiger partial charge >= 0.3 is 0 Å². The number of nitrogens with zero attached hydrogens (tertiary/aromatic N) is 2. The zero-order chi connectivity index (χ0) is 33.5. The second-order valence-electron chi connectivity index (χ2n) is 12.5. The summed E-state index contributed by atoms with van der Waals surface area (Å²) in [7, 11) is 0. The van der Waals surface area contributed by atoms with Crippen LogP contribution in [-0.2, 0) is 0 Å². The number of fused-ring (bicyclic) bond motifs is 1.